The van der Waals surface area contributed by atoms with Gasteiger partial charge in [-0.05, 0) is 36.8 Å². The van der Waals surface area contributed by atoms with Crippen LogP contribution in [0.2, 0.25) is 0 Å². The summed E-state index contributed by atoms with van der Waals surface area (Å²) < 4.78 is 33.1. The molecule has 2 aliphatic heterocycles. The molecule has 0 spiro atoms. The molecule has 0 bridgehead atoms. The average molecular weight is 373 g/mol. The zero-order valence-corrected chi connectivity index (χ0v) is 14.3. The molecule has 0 aromatic heterocycles. The summed E-state index contributed by atoms with van der Waals surface area (Å²) in [6, 6.07) is 8.29. The number of ether oxygens (including phenoxy) is 1. The molecule has 1 saturated heterocycles. The Labute approximate surface area is 154 Å². The molecule has 2 aliphatic rings. The minimum atomic E-state index is -0.618. The first-order valence-corrected chi connectivity index (χ1v) is 8.58. The van der Waals surface area contributed by atoms with E-state index in [1.54, 1.807) is 23.1 Å². The number of benzene rings is 2. The summed E-state index contributed by atoms with van der Waals surface area (Å²) in [6.45, 7) is 0.703. The summed E-state index contributed by atoms with van der Waals surface area (Å²) in [5.74, 6) is -1.33. The van der Waals surface area contributed by atoms with Gasteiger partial charge in [0.05, 0.1) is 5.69 Å². The van der Waals surface area contributed by atoms with E-state index in [4.69, 9.17) is 4.74 Å². The van der Waals surface area contributed by atoms with Crippen molar-refractivity contribution in [3.63, 3.8) is 0 Å². The van der Waals surface area contributed by atoms with Crippen LogP contribution in [0.5, 0.6) is 5.75 Å². The fourth-order valence-corrected chi connectivity index (χ4v) is 3.37. The van der Waals surface area contributed by atoms with Gasteiger partial charge in [-0.25, -0.2) is 8.78 Å². The number of hydrogen-bond donors (Lipinski definition) is 2. The highest BCUT2D eigenvalue weighted by Crippen LogP contribution is 2.29. The van der Waals surface area contributed by atoms with Crippen molar-refractivity contribution in [3.8, 4) is 5.75 Å². The van der Waals surface area contributed by atoms with Crippen LogP contribution in [0.1, 0.15) is 16.8 Å². The zero-order chi connectivity index (χ0) is 19.0. The molecule has 0 aliphatic carbocycles. The zero-order valence-electron chi connectivity index (χ0n) is 14.3. The van der Waals surface area contributed by atoms with Crippen LogP contribution in [-0.2, 0) is 4.79 Å². The van der Waals surface area contributed by atoms with Gasteiger partial charge in [0.25, 0.3) is 11.8 Å². The second kappa shape index (κ2) is 6.86. The molecule has 1 unspecified atom stereocenters. The van der Waals surface area contributed by atoms with E-state index >= 15 is 0 Å². The first kappa shape index (κ1) is 17.3. The summed E-state index contributed by atoms with van der Waals surface area (Å²) in [6.07, 6.45) is 0.574. The molecule has 4 rings (SSSR count). The van der Waals surface area contributed by atoms with Crippen LogP contribution >= 0.6 is 0 Å². The predicted octanol–water partition coefficient (Wildman–Crippen LogP) is 2.30. The van der Waals surface area contributed by atoms with E-state index in [2.05, 4.69) is 10.6 Å². The lowest BCUT2D eigenvalue weighted by Gasteiger charge is -2.21. The minimum absolute atomic E-state index is 0.0525. The summed E-state index contributed by atoms with van der Waals surface area (Å²) in [5.41, 5.74) is 0.748. The SMILES string of the molecule is O=C1COc2ccc(C(=O)NC3CCN(c4c(F)cccc4F)C3)cc2N1. The number of nitrogens with one attached hydrogen (secondary N) is 2. The maximum absolute atomic E-state index is 13.9. The third kappa shape index (κ3) is 3.42. The molecule has 0 radical (unpaired) electrons. The van der Waals surface area contributed by atoms with E-state index in [1.807, 2.05) is 0 Å². The highest BCUT2D eigenvalue weighted by molar-refractivity contribution is 6.00. The van der Waals surface area contributed by atoms with E-state index in [0.717, 1.165) is 0 Å². The van der Waals surface area contributed by atoms with E-state index in [-0.39, 0.29) is 30.2 Å². The van der Waals surface area contributed by atoms with E-state index < -0.39 is 11.6 Å². The molecule has 2 N–H and O–H groups in total. The van der Waals surface area contributed by atoms with Gasteiger partial charge >= 0.3 is 0 Å². The summed E-state index contributed by atoms with van der Waals surface area (Å²) in [5, 5.41) is 5.53. The lowest BCUT2D eigenvalue weighted by atomic mass is 10.1. The van der Waals surface area contributed by atoms with E-state index in [0.29, 0.717) is 36.5 Å². The number of rotatable bonds is 3. The van der Waals surface area contributed by atoms with Crippen molar-refractivity contribution in [3.05, 3.63) is 53.6 Å². The molecular weight excluding hydrogens is 356 g/mol. The van der Waals surface area contributed by atoms with Crippen molar-refractivity contribution >= 4 is 23.2 Å². The minimum Gasteiger partial charge on any atom is -0.482 e. The molecule has 140 valence electrons. The fraction of sp³-hybridized carbons (Fsp3) is 0.263. The molecule has 8 heteroatoms. The molecule has 27 heavy (non-hydrogen) atoms. The van der Waals surface area contributed by atoms with Crippen molar-refractivity contribution in [2.75, 3.05) is 29.9 Å². The Morgan fingerprint density at radius 3 is 2.78 bits per heavy atom. The van der Waals surface area contributed by atoms with Crippen molar-refractivity contribution in [2.45, 2.75) is 12.5 Å². The maximum Gasteiger partial charge on any atom is 0.262 e. The molecule has 1 atom stereocenters. The largest absolute Gasteiger partial charge is 0.482 e. The maximum atomic E-state index is 13.9. The average Bonchev–Trinajstić information content (AvgIpc) is 3.09. The summed E-state index contributed by atoms with van der Waals surface area (Å²) >= 11 is 0. The van der Waals surface area contributed by atoms with Crippen LogP contribution in [0.25, 0.3) is 0 Å². The number of para-hydroxylation sites is 1. The Morgan fingerprint density at radius 2 is 2.00 bits per heavy atom. The highest BCUT2D eigenvalue weighted by atomic mass is 19.1. The van der Waals surface area contributed by atoms with Crippen molar-refractivity contribution < 1.29 is 23.1 Å². The van der Waals surface area contributed by atoms with Gasteiger partial charge in [-0.3, -0.25) is 9.59 Å². The number of fused-ring (bicyclic) bond motifs is 1. The van der Waals surface area contributed by atoms with E-state index in [9.17, 15) is 18.4 Å². The van der Waals surface area contributed by atoms with Crippen molar-refractivity contribution in [2.24, 2.45) is 0 Å². The molecule has 2 amide bonds. The van der Waals surface area contributed by atoms with Gasteiger partial charge in [0.15, 0.2) is 6.61 Å². The first-order chi connectivity index (χ1) is 13.0. The number of hydrogen-bond acceptors (Lipinski definition) is 4. The molecular formula is C19H17F2N3O3. The highest BCUT2D eigenvalue weighted by Gasteiger charge is 2.28. The standard InChI is InChI=1S/C19H17F2N3O3/c20-13-2-1-3-14(21)18(13)24-7-6-12(9-24)22-19(26)11-4-5-16-15(8-11)23-17(25)10-27-16/h1-5,8,12H,6-7,9-10H2,(H,22,26)(H,23,25). The lowest BCUT2D eigenvalue weighted by Crippen LogP contribution is -2.37. The Hall–Kier alpha value is -3.16. The van der Waals surface area contributed by atoms with Crippen LogP contribution in [-0.4, -0.2) is 37.6 Å². The molecule has 2 aromatic rings. The Kier molecular flexibility index (Phi) is 4.39. The number of halogens is 2. The van der Waals surface area contributed by atoms with E-state index in [1.165, 1.54) is 18.2 Å². The van der Waals surface area contributed by atoms with Crippen molar-refractivity contribution in [1.29, 1.82) is 0 Å². The molecule has 2 heterocycles. The Morgan fingerprint density at radius 1 is 1.22 bits per heavy atom. The van der Waals surface area contributed by atoms with Crippen LogP contribution in [0.15, 0.2) is 36.4 Å². The van der Waals surface area contributed by atoms with Gasteiger partial charge in [-0.15, -0.1) is 0 Å². The van der Waals surface area contributed by atoms with Gasteiger partial charge in [0.1, 0.15) is 23.1 Å². The number of carbonyl (C=O) groups is 2. The smallest absolute Gasteiger partial charge is 0.262 e. The predicted molar refractivity (Wildman–Crippen MR) is 95.0 cm³/mol. The van der Waals surface area contributed by atoms with Crippen LogP contribution < -0.4 is 20.3 Å². The number of nitrogens with zero attached hydrogens (tertiary/aromatic N) is 1. The van der Waals surface area contributed by atoms with Gasteiger partial charge in [-0.1, -0.05) is 6.07 Å². The van der Waals surface area contributed by atoms with Gasteiger partial charge in [-0.2, -0.15) is 0 Å². The van der Waals surface area contributed by atoms with Crippen molar-refractivity contribution in [1.82, 2.24) is 5.32 Å². The topological polar surface area (TPSA) is 70.7 Å². The van der Waals surface area contributed by atoms with Gasteiger partial charge < -0.3 is 20.3 Å². The second-order valence-corrected chi connectivity index (χ2v) is 6.52. The first-order valence-electron chi connectivity index (χ1n) is 8.58. The Balaban J connectivity index is 1.44. The lowest BCUT2D eigenvalue weighted by molar-refractivity contribution is -0.118. The van der Waals surface area contributed by atoms with Crippen LogP contribution in [0.4, 0.5) is 20.2 Å². The third-order valence-electron chi connectivity index (χ3n) is 4.65. The number of carbonyl (C=O) groups excluding carboxylic acids is 2. The van der Waals surface area contributed by atoms with Gasteiger partial charge in [0.2, 0.25) is 0 Å². The number of anilines is 2. The second-order valence-electron chi connectivity index (χ2n) is 6.52. The molecule has 1 fully saturated rings. The van der Waals surface area contributed by atoms with Crippen LogP contribution in [0.3, 0.4) is 0 Å². The normalized spacial score (nSPS) is 18.5. The molecule has 6 nitrogen and oxygen atoms in total. The molecule has 2 aromatic carbocycles. The quantitative estimate of drug-likeness (QED) is 0.866. The fourth-order valence-electron chi connectivity index (χ4n) is 3.37. The molecule has 0 saturated carbocycles. The Bertz CT molecular complexity index is 899. The van der Waals surface area contributed by atoms with Crippen LogP contribution in [0, 0.1) is 11.6 Å². The number of amides is 2. The summed E-state index contributed by atoms with van der Waals surface area (Å²) in [7, 11) is 0. The van der Waals surface area contributed by atoms with Gasteiger partial charge in [0, 0.05) is 24.7 Å². The third-order valence-corrected chi connectivity index (χ3v) is 4.65. The monoisotopic (exact) mass is 373 g/mol. The summed E-state index contributed by atoms with van der Waals surface area (Å²) in [4.78, 5) is 25.5.